The Morgan fingerprint density at radius 2 is 2.05 bits per heavy atom. The van der Waals surface area contributed by atoms with Gasteiger partial charge in [0.25, 0.3) is 0 Å². The van der Waals surface area contributed by atoms with Gasteiger partial charge in [0.1, 0.15) is 0 Å². The quantitative estimate of drug-likeness (QED) is 0.927. The second-order valence-corrected chi connectivity index (χ2v) is 8.13. The Morgan fingerprint density at radius 1 is 1.32 bits per heavy atom. The summed E-state index contributed by atoms with van der Waals surface area (Å²) >= 11 is 1.80. The molecule has 0 radical (unpaired) electrons. The van der Waals surface area contributed by atoms with Crippen LogP contribution < -0.4 is 5.32 Å². The molecular formula is C17H27N3OS. The molecule has 1 aromatic rings. The number of aryl methyl sites for hydroxylation is 2. The molecule has 0 unspecified atom stereocenters. The maximum absolute atomic E-state index is 12.5. The molecule has 3 heterocycles. The molecule has 2 amide bonds. The number of amides is 2. The van der Waals surface area contributed by atoms with Gasteiger partial charge in [0.15, 0.2) is 0 Å². The molecule has 22 heavy (non-hydrogen) atoms. The Balaban J connectivity index is 1.55. The fraction of sp³-hybridized carbons (Fsp3) is 0.706. The lowest BCUT2D eigenvalue weighted by atomic mass is 10.1. The van der Waals surface area contributed by atoms with Gasteiger partial charge in [-0.15, -0.1) is 11.3 Å². The topological polar surface area (TPSA) is 35.6 Å². The lowest BCUT2D eigenvalue weighted by Gasteiger charge is -2.24. The lowest BCUT2D eigenvalue weighted by molar-refractivity contribution is 0.196. The first-order valence-electron chi connectivity index (χ1n) is 8.41. The third kappa shape index (κ3) is 3.30. The van der Waals surface area contributed by atoms with Crippen molar-refractivity contribution in [3.8, 4) is 0 Å². The number of hydrogen-bond donors (Lipinski definition) is 1. The highest BCUT2D eigenvalue weighted by Gasteiger charge is 2.32. The molecule has 1 N–H and O–H groups in total. The fourth-order valence-corrected chi connectivity index (χ4v) is 4.79. The van der Waals surface area contributed by atoms with Crippen LogP contribution in [0.5, 0.6) is 0 Å². The first-order valence-corrected chi connectivity index (χ1v) is 9.22. The van der Waals surface area contributed by atoms with E-state index in [0.717, 1.165) is 19.5 Å². The third-order valence-electron chi connectivity index (χ3n) is 4.99. The van der Waals surface area contributed by atoms with E-state index in [0.29, 0.717) is 6.04 Å². The molecule has 2 aliphatic heterocycles. The van der Waals surface area contributed by atoms with E-state index in [1.807, 2.05) is 4.90 Å². The minimum absolute atomic E-state index is 0.0864. The van der Waals surface area contributed by atoms with Crippen molar-refractivity contribution in [1.82, 2.24) is 15.1 Å². The van der Waals surface area contributed by atoms with E-state index in [1.54, 1.807) is 11.3 Å². The Kier molecular flexibility index (Phi) is 4.73. The predicted molar refractivity (Wildman–Crippen MR) is 91.5 cm³/mol. The maximum Gasteiger partial charge on any atom is 0.317 e. The van der Waals surface area contributed by atoms with Gasteiger partial charge in [-0.3, -0.25) is 4.90 Å². The van der Waals surface area contributed by atoms with Crippen LogP contribution in [0, 0.1) is 13.8 Å². The standard InChI is InChI=1S/C17H27N3OS/c1-12-10-16(14(3)22-12)13(2)18-17(21)20-9-6-15(11-20)19-7-4-5-8-19/h10,13,15H,4-9,11H2,1-3H3,(H,18,21)/t13-,15+/m0/s1. The first kappa shape index (κ1) is 15.8. The number of rotatable bonds is 3. The molecule has 122 valence electrons. The number of thiophene rings is 1. The second kappa shape index (κ2) is 6.59. The zero-order chi connectivity index (χ0) is 15.7. The summed E-state index contributed by atoms with van der Waals surface area (Å²) in [6.45, 7) is 10.5. The summed E-state index contributed by atoms with van der Waals surface area (Å²) in [6, 6.07) is 2.96. The van der Waals surface area contributed by atoms with Gasteiger partial charge in [-0.05, 0) is 64.8 Å². The molecule has 2 atom stereocenters. The highest BCUT2D eigenvalue weighted by molar-refractivity contribution is 7.12. The summed E-state index contributed by atoms with van der Waals surface area (Å²) in [7, 11) is 0. The SMILES string of the molecule is Cc1cc([C@H](C)NC(=O)N2CC[C@@H](N3CCCC3)C2)c(C)s1. The average molecular weight is 321 g/mol. The average Bonchev–Trinajstić information content (AvgIpc) is 3.17. The maximum atomic E-state index is 12.5. The molecular weight excluding hydrogens is 294 g/mol. The molecule has 0 aliphatic carbocycles. The van der Waals surface area contributed by atoms with Crippen molar-refractivity contribution in [2.45, 2.75) is 52.1 Å². The zero-order valence-electron chi connectivity index (χ0n) is 13.9. The number of urea groups is 1. The van der Waals surface area contributed by atoms with Crippen LogP contribution in [0.2, 0.25) is 0 Å². The van der Waals surface area contributed by atoms with Crippen LogP contribution in [0.4, 0.5) is 4.79 Å². The molecule has 4 nitrogen and oxygen atoms in total. The van der Waals surface area contributed by atoms with Gasteiger partial charge in [-0.25, -0.2) is 4.79 Å². The molecule has 0 saturated carbocycles. The van der Waals surface area contributed by atoms with Gasteiger partial charge in [0.2, 0.25) is 0 Å². The summed E-state index contributed by atoms with van der Waals surface area (Å²) in [4.78, 5) is 19.7. The fourth-order valence-electron chi connectivity index (χ4n) is 3.77. The molecule has 2 fully saturated rings. The monoisotopic (exact) mass is 321 g/mol. The Hall–Kier alpha value is -1.07. The van der Waals surface area contributed by atoms with E-state index in [-0.39, 0.29) is 12.1 Å². The minimum atomic E-state index is 0.0864. The normalized spacial score (nSPS) is 24.0. The third-order valence-corrected chi connectivity index (χ3v) is 5.98. The van der Waals surface area contributed by atoms with Crippen molar-refractivity contribution in [3.05, 3.63) is 21.4 Å². The molecule has 2 aliphatic rings. The Morgan fingerprint density at radius 3 is 2.68 bits per heavy atom. The van der Waals surface area contributed by atoms with Crippen LogP contribution in [0.3, 0.4) is 0 Å². The minimum Gasteiger partial charge on any atom is -0.331 e. The van der Waals surface area contributed by atoms with E-state index in [2.05, 4.69) is 37.1 Å². The van der Waals surface area contributed by atoms with Crippen LogP contribution in [0.1, 0.15) is 47.5 Å². The van der Waals surface area contributed by atoms with E-state index >= 15 is 0 Å². The van der Waals surface area contributed by atoms with Gasteiger partial charge in [-0.2, -0.15) is 0 Å². The summed E-state index contributed by atoms with van der Waals surface area (Å²) in [6.07, 6.45) is 3.76. The number of nitrogens with one attached hydrogen (secondary N) is 1. The molecule has 0 spiro atoms. The summed E-state index contributed by atoms with van der Waals surface area (Å²) in [5, 5.41) is 3.18. The molecule has 2 saturated heterocycles. The van der Waals surface area contributed by atoms with Crippen LogP contribution in [0.25, 0.3) is 0 Å². The van der Waals surface area contributed by atoms with Crippen molar-refractivity contribution >= 4 is 17.4 Å². The van der Waals surface area contributed by atoms with Crippen molar-refractivity contribution in [1.29, 1.82) is 0 Å². The summed E-state index contributed by atoms with van der Waals surface area (Å²) in [5.74, 6) is 0. The summed E-state index contributed by atoms with van der Waals surface area (Å²) < 4.78 is 0. The van der Waals surface area contributed by atoms with Gasteiger partial charge >= 0.3 is 6.03 Å². The highest BCUT2D eigenvalue weighted by Crippen LogP contribution is 2.27. The van der Waals surface area contributed by atoms with Crippen molar-refractivity contribution in [2.24, 2.45) is 0 Å². The zero-order valence-corrected chi connectivity index (χ0v) is 14.7. The molecule has 1 aromatic heterocycles. The van der Waals surface area contributed by atoms with Crippen molar-refractivity contribution in [3.63, 3.8) is 0 Å². The van der Waals surface area contributed by atoms with E-state index < -0.39 is 0 Å². The van der Waals surface area contributed by atoms with Gasteiger partial charge in [0, 0.05) is 28.9 Å². The van der Waals surface area contributed by atoms with E-state index in [9.17, 15) is 4.79 Å². The molecule has 5 heteroatoms. The van der Waals surface area contributed by atoms with Gasteiger partial charge in [0.05, 0.1) is 6.04 Å². The number of nitrogens with zero attached hydrogens (tertiary/aromatic N) is 2. The van der Waals surface area contributed by atoms with E-state index in [4.69, 9.17) is 0 Å². The first-order chi connectivity index (χ1) is 10.5. The smallest absolute Gasteiger partial charge is 0.317 e. The number of carbonyl (C=O) groups excluding carboxylic acids is 1. The molecule has 3 rings (SSSR count). The number of hydrogen-bond acceptors (Lipinski definition) is 3. The van der Waals surface area contributed by atoms with Gasteiger partial charge in [-0.1, -0.05) is 0 Å². The van der Waals surface area contributed by atoms with Crippen molar-refractivity contribution < 1.29 is 4.79 Å². The van der Waals surface area contributed by atoms with Gasteiger partial charge < -0.3 is 10.2 Å². The van der Waals surface area contributed by atoms with E-state index in [1.165, 1.54) is 41.2 Å². The van der Waals surface area contributed by atoms with Crippen LogP contribution >= 0.6 is 11.3 Å². The highest BCUT2D eigenvalue weighted by atomic mass is 32.1. The van der Waals surface area contributed by atoms with Crippen LogP contribution in [-0.2, 0) is 0 Å². The Bertz CT molecular complexity index is 536. The molecule has 0 bridgehead atoms. The lowest BCUT2D eigenvalue weighted by Crippen LogP contribution is -2.42. The van der Waals surface area contributed by atoms with Crippen molar-refractivity contribution in [2.75, 3.05) is 26.2 Å². The van der Waals surface area contributed by atoms with Crippen LogP contribution in [-0.4, -0.2) is 48.1 Å². The number of carbonyl (C=O) groups is 1. The molecule has 0 aromatic carbocycles. The predicted octanol–water partition coefficient (Wildman–Crippen LogP) is 3.31. The largest absolute Gasteiger partial charge is 0.331 e. The summed E-state index contributed by atoms with van der Waals surface area (Å²) in [5.41, 5.74) is 1.26. The Labute approximate surface area is 137 Å². The van der Waals surface area contributed by atoms with Crippen LogP contribution in [0.15, 0.2) is 6.07 Å². The second-order valence-electron chi connectivity index (χ2n) is 6.67. The number of likely N-dealkylation sites (tertiary alicyclic amines) is 2.